The Morgan fingerprint density at radius 1 is 0.198 bits per heavy atom. The molecule has 11 heteroatoms. The van der Waals surface area contributed by atoms with E-state index in [0.29, 0.717) is 45.6 Å². The van der Waals surface area contributed by atoms with Crippen molar-refractivity contribution in [3.8, 4) is 0 Å². The largest absolute Gasteiger partial charge is 0.368 e. The van der Waals surface area contributed by atoms with Gasteiger partial charge < -0.3 is 31.1 Å². The first-order chi connectivity index (χ1) is 47.1. The first-order valence-corrected chi connectivity index (χ1v) is 43.2. The van der Waals surface area contributed by atoms with Crippen LogP contribution in [0.4, 0.5) is 0 Å². The van der Waals surface area contributed by atoms with Crippen LogP contribution in [0.3, 0.4) is 0 Å². The number of rotatable bonds is 80. The molecule has 11 nitrogen and oxygen atoms in total. The number of primary amides is 1. The summed E-state index contributed by atoms with van der Waals surface area (Å²) in [5.41, 5.74) is 11.7. The Morgan fingerprint density at radius 3 is 0.521 bits per heavy atom. The number of nitrogens with two attached hydrogens (primary N) is 2. The van der Waals surface area contributed by atoms with Crippen molar-refractivity contribution in [3.63, 3.8) is 0 Å². The lowest BCUT2D eigenvalue weighted by Crippen LogP contribution is -2.50. The molecule has 0 atom stereocenters. The molecule has 5 amide bonds. The fourth-order valence-electron chi connectivity index (χ4n) is 14.1. The number of amides is 5. The summed E-state index contributed by atoms with van der Waals surface area (Å²) in [5.74, 6) is -1.26. The highest BCUT2D eigenvalue weighted by Crippen LogP contribution is 2.20. The van der Waals surface area contributed by atoms with Crippen LogP contribution in [-0.4, -0.2) is 108 Å². The van der Waals surface area contributed by atoms with E-state index in [1.165, 1.54) is 334 Å². The van der Waals surface area contributed by atoms with Gasteiger partial charge in [-0.05, 0) is 45.1 Å². The molecular weight excluding hydrogens is 1180 g/mol. The Labute approximate surface area is 598 Å². The highest BCUT2D eigenvalue weighted by molar-refractivity contribution is 5.91. The summed E-state index contributed by atoms with van der Waals surface area (Å²) in [5, 5.41) is 0. The van der Waals surface area contributed by atoms with Gasteiger partial charge in [0.1, 0.15) is 0 Å². The molecule has 0 spiro atoms. The zero-order chi connectivity index (χ0) is 69.9. The summed E-state index contributed by atoms with van der Waals surface area (Å²) in [7, 11) is 0. The van der Waals surface area contributed by atoms with Crippen LogP contribution in [0.1, 0.15) is 458 Å². The van der Waals surface area contributed by atoms with Gasteiger partial charge >= 0.3 is 0 Å². The molecule has 568 valence electrons. The van der Waals surface area contributed by atoms with Gasteiger partial charge in [-0.25, -0.2) is 0 Å². The molecule has 0 rings (SSSR count). The Morgan fingerprint density at radius 2 is 0.354 bits per heavy atom. The van der Waals surface area contributed by atoms with E-state index in [1.54, 1.807) is 19.6 Å². The van der Waals surface area contributed by atoms with E-state index in [-0.39, 0.29) is 49.8 Å². The summed E-state index contributed by atoms with van der Waals surface area (Å²) >= 11 is 0. The van der Waals surface area contributed by atoms with Gasteiger partial charge in [-0.1, -0.05) is 413 Å². The van der Waals surface area contributed by atoms with Gasteiger partial charge in [-0.15, -0.1) is 0 Å². The Kier molecular flexibility index (Phi) is 74.3. The third-order valence-electron chi connectivity index (χ3n) is 20.7. The molecule has 0 aliphatic heterocycles. The quantitative estimate of drug-likeness (QED) is 0.0579. The molecule has 4 N–H and O–H groups in total. The normalized spacial score (nSPS) is 11.5. The van der Waals surface area contributed by atoms with Crippen LogP contribution in [0.5, 0.6) is 0 Å². The van der Waals surface area contributed by atoms with Gasteiger partial charge in [0, 0.05) is 32.6 Å². The van der Waals surface area contributed by atoms with Gasteiger partial charge in [0.2, 0.25) is 29.5 Å². The molecule has 0 saturated heterocycles. The van der Waals surface area contributed by atoms with Gasteiger partial charge in [0.05, 0.1) is 26.2 Å². The van der Waals surface area contributed by atoms with Crippen molar-refractivity contribution in [1.29, 1.82) is 0 Å². The van der Waals surface area contributed by atoms with Gasteiger partial charge in [0.15, 0.2) is 0 Å². The van der Waals surface area contributed by atoms with E-state index >= 15 is 0 Å². The zero-order valence-electron chi connectivity index (χ0n) is 65.2. The summed E-state index contributed by atoms with van der Waals surface area (Å²) in [4.78, 5) is 77.4. The Hall–Kier alpha value is -2.69. The second-order valence-corrected chi connectivity index (χ2v) is 30.2. The van der Waals surface area contributed by atoms with Crippen LogP contribution in [0.2, 0.25) is 0 Å². The van der Waals surface area contributed by atoms with E-state index in [1.807, 2.05) is 0 Å². The molecule has 0 aromatic heterocycles. The molecule has 0 radical (unpaired) electrons. The van der Waals surface area contributed by atoms with Crippen molar-refractivity contribution in [2.75, 3.05) is 58.9 Å². The van der Waals surface area contributed by atoms with Crippen LogP contribution in [-0.2, 0) is 24.0 Å². The Bertz CT molecular complexity index is 1660. The van der Waals surface area contributed by atoms with E-state index in [0.717, 1.165) is 83.5 Å². The molecule has 0 aliphatic rings. The average molecular weight is 1350 g/mol. The summed E-state index contributed by atoms with van der Waals surface area (Å²) in [6.45, 7) is 11.0. The van der Waals surface area contributed by atoms with E-state index in [2.05, 4.69) is 27.7 Å². The molecule has 0 aliphatic carbocycles. The molecule has 0 bridgehead atoms. The highest BCUT2D eigenvalue weighted by Gasteiger charge is 2.27. The van der Waals surface area contributed by atoms with Crippen LogP contribution < -0.4 is 11.5 Å². The maximum Gasteiger partial charge on any atom is 0.242 e. The summed E-state index contributed by atoms with van der Waals surface area (Å²) in [6, 6.07) is 0. The minimum Gasteiger partial charge on any atom is -0.368 e. The third kappa shape index (κ3) is 65.9. The highest BCUT2D eigenvalue weighted by atomic mass is 16.2. The maximum atomic E-state index is 14.9. The monoisotopic (exact) mass is 1350 g/mol. The smallest absolute Gasteiger partial charge is 0.242 e. The third-order valence-corrected chi connectivity index (χ3v) is 20.7. The number of carbonyl (C=O) groups is 5. The minimum atomic E-state index is -0.548. The summed E-state index contributed by atoms with van der Waals surface area (Å²) in [6.07, 6.45) is 82.5. The topological polar surface area (TPSA) is 150 Å². The van der Waals surface area contributed by atoms with Crippen LogP contribution in [0.25, 0.3) is 0 Å². The van der Waals surface area contributed by atoms with Crippen LogP contribution in [0, 0.1) is 0 Å². The second kappa shape index (κ2) is 76.5. The van der Waals surface area contributed by atoms with E-state index in [4.69, 9.17) is 11.5 Å². The fraction of sp³-hybridized carbons (Fsp3) is 0.941. The molecule has 0 aromatic rings. The van der Waals surface area contributed by atoms with E-state index < -0.39 is 5.91 Å². The standard InChI is InChI=1S/C85H168N6O5/c1-5-9-13-17-21-25-29-33-37-41-45-49-53-57-61-67-73-88(77-81(87)92)83(94)79-90(75-69-63-59-55-51-47-43-39-35-31-27-23-19-15-11-7-3)85(96)80-91(76-70-64-60-56-52-48-44-40-36-32-28-24-20-16-12-8-4)84(95)78-89(82(93)71-65-66-72-86)74-68-62-58-54-50-46-42-38-34-30-26-22-18-14-10-6-2/h5-80,86H2,1-4H3,(H2,87,92). The average Bonchev–Trinajstić information content (AvgIpc) is 0.992. The Balaban J connectivity index is 6.06. The van der Waals surface area contributed by atoms with Crippen LogP contribution in [0.15, 0.2) is 0 Å². The number of unbranched alkanes of at least 4 members (excludes halogenated alkanes) is 61. The van der Waals surface area contributed by atoms with Crippen molar-refractivity contribution in [2.24, 2.45) is 11.5 Å². The van der Waals surface area contributed by atoms with Crippen molar-refractivity contribution in [3.05, 3.63) is 0 Å². The number of carbonyl (C=O) groups excluding carboxylic acids is 5. The van der Waals surface area contributed by atoms with Crippen molar-refractivity contribution < 1.29 is 24.0 Å². The lowest BCUT2D eigenvalue weighted by molar-refractivity contribution is -0.146. The summed E-state index contributed by atoms with van der Waals surface area (Å²) < 4.78 is 0. The molecule has 96 heavy (non-hydrogen) atoms. The fourth-order valence-corrected chi connectivity index (χ4v) is 14.1. The molecule has 0 unspecified atom stereocenters. The molecule has 0 saturated carbocycles. The van der Waals surface area contributed by atoms with E-state index in [9.17, 15) is 24.0 Å². The zero-order valence-corrected chi connectivity index (χ0v) is 65.2. The molecule has 0 heterocycles. The predicted molar refractivity (Wildman–Crippen MR) is 417 cm³/mol. The lowest BCUT2D eigenvalue weighted by atomic mass is 10.0. The first kappa shape index (κ1) is 93.3. The number of hydrogen-bond acceptors (Lipinski definition) is 6. The van der Waals surface area contributed by atoms with Gasteiger partial charge in [-0.3, -0.25) is 24.0 Å². The minimum absolute atomic E-state index is 0.0129. The predicted octanol–water partition coefficient (Wildman–Crippen LogP) is 24.0. The SMILES string of the molecule is CCCCCCCCCCCCCCCCCCN(CC(N)=O)C(=O)CN(CCCCCCCCCCCCCCCCCC)C(=O)CN(CCCCCCCCCCCCCCCCCC)C(=O)CN(CCCCCCCCCCCCCCCCCC)C(=O)CCCCN. The van der Waals surface area contributed by atoms with Crippen LogP contribution >= 0.6 is 0 Å². The lowest BCUT2D eigenvalue weighted by Gasteiger charge is -2.31. The molecule has 0 fully saturated rings. The maximum absolute atomic E-state index is 14.9. The number of hydrogen-bond donors (Lipinski definition) is 2. The van der Waals surface area contributed by atoms with Gasteiger partial charge in [0.25, 0.3) is 0 Å². The van der Waals surface area contributed by atoms with Crippen molar-refractivity contribution >= 4 is 29.5 Å². The number of nitrogens with zero attached hydrogens (tertiary/aromatic N) is 4. The molecular formula is C85H168N6O5. The second-order valence-electron chi connectivity index (χ2n) is 30.2. The van der Waals surface area contributed by atoms with Gasteiger partial charge in [-0.2, -0.15) is 0 Å². The molecule has 0 aromatic carbocycles. The van der Waals surface area contributed by atoms with Crippen molar-refractivity contribution in [1.82, 2.24) is 19.6 Å². The van der Waals surface area contributed by atoms with Crippen molar-refractivity contribution in [2.45, 2.75) is 458 Å². The first-order valence-electron chi connectivity index (χ1n) is 43.2.